The number of ether oxygens (including phenoxy) is 1. The highest BCUT2D eigenvalue weighted by atomic mass is 16.6. The van der Waals surface area contributed by atoms with Crippen LogP contribution in [0.25, 0.3) is 0 Å². The summed E-state index contributed by atoms with van der Waals surface area (Å²) in [5, 5.41) is 13.7. The number of nitrogens with zero attached hydrogens (tertiary/aromatic N) is 1. The van der Waals surface area contributed by atoms with E-state index < -0.39 is 17.5 Å². The standard InChI is InChI=1S/C19H20N2O5/c1-3-4-13-5-7-14(8-6-13)18(22)12-26-19(23)15-9-10-16(20-2)17(11-15)21(24)25/h5-11,20H,3-4,12H2,1-2H3. The normalized spacial score (nSPS) is 10.2. The first-order valence-electron chi connectivity index (χ1n) is 8.21. The lowest BCUT2D eigenvalue weighted by Crippen LogP contribution is -2.14. The molecule has 136 valence electrons. The summed E-state index contributed by atoms with van der Waals surface area (Å²) in [6, 6.07) is 11.1. The average Bonchev–Trinajstić information content (AvgIpc) is 2.66. The van der Waals surface area contributed by atoms with Crippen LogP contribution < -0.4 is 5.32 Å². The quantitative estimate of drug-likeness (QED) is 0.336. The summed E-state index contributed by atoms with van der Waals surface area (Å²) in [5.74, 6) is -1.12. The van der Waals surface area contributed by atoms with Crippen LogP contribution in [0.4, 0.5) is 11.4 Å². The van der Waals surface area contributed by atoms with E-state index in [1.165, 1.54) is 12.1 Å². The zero-order valence-corrected chi connectivity index (χ0v) is 14.7. The van der Waals surface area contributed by atoms with Gasteiger partial charge in [-0.05, 0) is 24.1 Å². The monoisotopic (exact) mass is 356 g/mol. The third-order valence-electron chi connectivity index (χ3n) is 3.85. The van der Waals surface area contributed by atoms with Gasteiger partial charge in [0.25, 0.3) is 5.69 Å². The highest BCUT2D eigenvalue weighted by Crippen LogP contribution is 2.25. The number of aryl methyl sites for hydroxylation is 1. The number of hydrogen-bond donors (Lipinski definition) is 1. The third kappa shape index (κ3) is 4.66. The van der Waals surface area contributed by atoms with Crippen LogP contribution in [0.2, 0.25) is 0 Å². The lowest BCUT2D eigenvalue weighted by atomic mass is 10.1. The molecule has 2 aromatic rings. The van der Waals surface area contributed by atoms with Crippen molar-refractivity contribution in [2.24, 2.45) is 0 Å². The van der Waals surface area contributed by atoms with Gasteiger partial charge in [0.15, 0.2) is 12.4 Å². The molecule has 0 unspecified atom stereocenters. The Hall–Kier alpha value is -3.22. The maximum Gasteiger partial charge on any atom is 0.338 e. The Labute approximate surface area is 151 Å². The molecule has 0 saturated heterocycles. The van der Waals surface area contributed by atoms with Gasteiger partial charge in [-0.25, -0.2) is 4.79 Å². The zero-order valence-electron chi connectivity index (χ0n) is 14.7. The average molecular weight is 356 g/mol. The molecule has 0 fully saturated rings. The fourth-order valence-electron chi connectivity index (χ4n) is 2.46. The molecule has 7 heteroatoms. The van der Waals surface area contributed by atoms with Crippen LogP contribution in [0.3, 0.4) is 0 Å². The number of hydrogen-bond acceptors (Lipinski definition) is 6. The lowest BCUT2D eigenvalue weighted by molar-refractivity contribution is -0.384. The molecule has 0 saturated carbocycles. The van der Waals surface area contributed by atoms with E-state index in [9.17, 15) is 19.7 Å². The summed E-state index contributed by atoms with van der Waals surface area (Å²) in [7, 11) is 1.55. The minimum absolute atomic E-state index is 0.0155. The lowest BCUT2D eigenvalue weighted by Gasteiger charge is -2.07. The molecule has 0 bridgehead atoms. The van der Waals surface area contributed by atoms with E-state index in [1.54, 1.807) is 19.2 Å². The summed E-state index contributed by atoms with van der Waals surface area (Å²) in [4.78, 5) is 34.7. The van der Waals surface area contributed by atoms with Crippen molar-refractivity contribution in [3.8, 4) is 0 Å². The molecule has 26 heavy (non-hydrogen) atoms. The van der Waals surface area contributed by atoms with Gasteiger partial charge in [-0.2, -0.15) is 0 Å². The van der Waals surface area contributed by atoms with Crippen LogP contribution in [0.1, 0.15) is 39.6 Å². The van der Waals surface area contributed by atoms with Crippen molar-refractivity contribution in [3.05, 3.63) is 69.3 Å². The van der Waals surface area contributed by atoms with Crippen molar-refractivity contribution in [1.29, 1.82) is 0 Å². The predicted molar refractivity (Wildman–Crippen MR) is 97.7 cm³/mol. The van der Waals surface area contributed by atoms with E-state index in [2.05, 4.69) is 12.2 Å². The summed E-state index contributed by atoms with van der Waals surface area (Å²) < 4.78 is 5.00. The number of rotatable bonds is 8. The Morgan fingerprint density at radius 2 is 1.77 bits per heavy atom. The smallest absolute Gasteiger partial charge is 0.338 e. The molecule has 2 aromatic carbocycles. The van der Waals surface area contributed by atoms with Gasteiger partial charge >= 0.3 is 5.97 Å². The fraction of sp³-hybridized carbons (Fsp3) is 0.263. The zero-order chi connectivity index (χ0) is 19.1. The van der Waals surface area contributed by atoms with Crippen molar-refractivity contribution in [2.45, 2.75) is 19.8 Å². The second-order valence-electron chi connectivity index (χ2n) is 5.69. The number of ketones is 1. The molecule has 0 spiro atoms. The van der Waals surface area contributed by atoms with Gasteiger partial charge in [0.1, 0.15) is 5.69 Å². The Kier molecular flexibility index (Phi) is 6.43. The number of nitro groups is 1. The topological polar surface area (TPSA) is 98.5 Å². The van der Waals surface area contributed by atoms with Crippen molar-refractivity contribution >= 4 is 23.1 Å². The van der Waals surface area contributed by atoms with Gasteiger partial charge in [0.2, 0.25) is 0 Å². The summed E-state index contributed by atoms with van der Waals surface area (Å²) in [5.41, 5.74) is 1.66. The Morgan fingerprint density at radius 3 is 2.35 bits per heavy atom. The molecule has 0 radical (unpaired) electrons. The Morgan fingerprint density at radius 1 is 1.12 bits per heavy atom. The van der Waals surface area contributed by atoms with Crippen molar-refractivity contribution in [2.75, 3.05) is 19.0 Å². The van der Waals surface area contributed by atoms with Crippen molar-refractivity contribution < 1.29 is 19.2 Å². The SMILES string of the molecule is CCCc1ccc(C(=O)COC(=O)c2ccc(NC)c([N+](=O)[O-])c2)cc1. The van der Waals surface area contributed by atoms with Gasteiger partial charge in [0, 0.05) is 18.7 Å². The highest BCUT2D eigenvalue weighted by Gasteiger charge is 2.18. The Bertz CT molecular complexity index is 815. The molecule has 0 amide bonds. The molecule has 7 nitrogen and oxygen atoms in total. The first-order chi connectivity index (χ1) is 12.5. The van der Waals surface area contributed by atoms with Gasteiger partial charge in [-0.1, -0.05) is 37.6 Å². The number of nitrogens with one attached hydrogen (secondary N) is 1. The summed E-state index contributed by atoms with van der Waals surface area (Å²) >= 11 is 0. The van der Waals surface area contributed by atoms with E-state index in [0.29, 0.717) is 5.56 Å². The van der Waals surface area contributed by atoms with Crippen molar-refractivity contribution in [1.82, 2.24) is 0 Å². The first-order valence-corrected chi connectivity index (χ1v) is 8.21. The molecule has 0 aliphatic rings. The first kappa shape index (κ1) is 19.1. The van der Waals surface area contributed by atoms with E-state index in [1.807, 2.05) is 12.1 Å². The number of Topliss-reactive ketones (excluding diaryl/α,β-unsaturated/α-hetero) is 1. The minimum Gasteiger partial charge on any atom is -0.454 e. The molecule has 2 rings (SSSR count). The largest absolute Gasteiger partial charge is 0.454 e. The number of anilines is 1. The van der Waals surface area contributed by atoms with Crippen LogP contribution in [0.15, 0.2) is 42.5 Å². The molecule has 0 aliphatic carbocycles. The van der Waals surface area contributed by atoms with Gasteiger partial charge < -0.3 is 10.1 Å². The van der Waals surface area contributed by atoms with E-state index in [-0.39, 0.29) is 22.7 Å². The van der Waals surface area contributed by atoms with Gasteiger partial charge in [-0.3, -0.25) is 14.9 Å². The number of carbonyl (C=O) groups excluding carboxylic acids is 2. The van der Waals surface area contributed by atoms with Crippen LogP contribution in [0, 0.1) is 10.1 Å². The van der Waals surface area contributed by atoms with Gasteiger partial charge in [-0.15, -0.1) is 0 Å². The third-order valence-corrected chi connectivity index (χ3v) is 3.85. The molecule has 0 aromatic heterocycles. The summed E-state index contributed by atoms with van der Waals surface area (Å²) in [6.45, 7) is 1.65. The summed E-state index contributed by atoms with van der Waals surface area (Å²) in [6.07, 6.45) is 1.95. The van der Waals surface area contributed by atoms with Crippen LogP contribution in [-0.2, 0) is 11.2 Å². The number of nitro benzene ring substituents is 1. The molecular weight excluding hydrogens is 336 g/mol. The minimum atomic E-state index is -0.785. The second-order valence-corrected chi connectivity index (χ2v) is 5.69. The highest BCUT2D eigenvalue weighted by molar-refractivity contribution is 5.99. The van der Waals surface area contributed by atoms with Crippen LogP contribution in [0.5, 0.6) is 0 Å². The molecule has 0 heterocycles. The van der Waals surface area contributed by atoms with Crippen LogP contribution >= 0.6 is 0 Å². The molecule has 0 aliphatic heterocycles. The van der Waals surface area contributed by atoms with E-state index in [0.717, 1.165) is 24.5 Å². The fourth-order valence-corrected chi connectivity index (χ4v) is 2.46. The number of carbonyl (C=O) groups is 2. The molecular formula is C19H20N2O5. The van der Waals surface area contributed by atoms with E-state index >= 15 is 0 Å². The maximum absolute atomic E-state index is 12.1. The Balaban J connectivity index is 2.02. The van der Waals surface area contributed by atoms with E-state index in [4.69, 9.17) is 4.74 Å². The molecule has 0 atom stereocenters. The van der Waals surface area contributed by atoms with Crippen molar-refractivity contribution in [3.63, 3.8) is 0 Å². The number of esters is 1. The maximum atomic E-state index is 12.1. The predicted octanol–water partition coefficient (Wildman–Crippen LogP) is 3.63. The van der Waals surface area contributed by atoms with Gasteiger partial charge in [0.05, 0.1) is 10.5 Å². The van der Waals surface area contributed by atoms with Crippen LogP contribution in [-0.4, -0.2) is 30.3 Å². The number of benzene rings is 2. The molecule has 1 N–H and O–H groups in total. The second kappa shape index (κ2) is 8.75.